The van der Waals surface area contributed by atoms with Crippen molar-refractivity contribution in [2.75, 3.05) is 0 Å². The highest BCUT2D eigenvalue weighted by Crippen LogP contribution is 2.38. The van der Waals surface area contributed by atoms with Gasteiger partial charge in [-0.3, -0.25) is 0 Å². The highest BCUT2D eigenvalue weighted by molar-refractivity contribution is 7.79. The maximum Gasteiger partial charge on any atom is 0.196 e. The lowest BCUT2D eigenvalue weighted by atomic mass is 9.84. The number of hydrogen-bond donors (Lipinski definition) is 1. The number of hydroxylamine groups is 4. The number of rotatable bonds is 4. The quantitative estimate of drug-likeness (QED) is 0.522. The SMILES string of the molecule is CC1(C)N([O])C(c2ccc(P(c3ccccc3)c3ccccc3)cc2)[NH+]([O-])C1(C)C. The van der Waals surface area contributed by atoms with Crippen molar-refractivity contribution in [3.8, 4) is 0 Å². The maximum atomic E-state index is 13.1. The van der Waals surface area contributed by atoms with Gasteiger partial charge in [0.15, 0.2) is 6.17 Å². The first-order valence-electron chi connectivity index (χ1n) is 10.3. The average molecular weight is 419 g/mol. The van der Waals surface area contributed by atoms with Crippen molar-refractivity contribution >= 4 is 23.8 Å². The van der Waals surface area contributed by atoms with E-state index in [1.807, 2.05) is 52.0 Å². The van der Waals surface area contributed by atoms with Crippen LogP contribution in [0, 0.1) is 5.21 Å². The molecule has 1 radical (unpaired) electrons. The summed E-state index contributed by atoms with van der Waals surface area (Å²) in [7, 11) is -0.707. The smallest absolute Gasteiger partial charge is 0.196 e. The van der Waals surface area contributed by atoms with Crippen molar-refractivity contribution in [3.05, 3.63) is 95.7 Å². The normalized spacial score (nSPS) is 23.0. The van der Waals surface area contributed by atoms with Crippen molar-refractivity contribution in [2.24, 2.45) is 0 Å². The standard InChI is InChI=1S/C25H28N2O2P/c1-24(2)25(3,4)27(29)23(26(24)28)19-15-17-22(18-16-19)30(20-11-7-5-8-12-20)21-13-9-6-10-14-21/h5-18,23,26H,1-4H3. The van der Waals surface area contributed by atoms with E-state index in [4.69, 9.17) is 0 Å². The zero-order valence-corrected chi connectivity index (χ0v) is 18.8. The summed E-state index contributed by atoms with van der Waals surface area (Å²) in [5, 5.41) is 30.8. The molecule has 2 atom stereocenters. The molecule has 30 heavy (non-hydrogen) atoms. The molecule has 1 heterocycles. The van der Waals surface area contributed by atoms with E-state index >= 15 is 0 Å². The van der Waals surface area contributed by atoms with Crippen molar-refractivity contribution in [2.45, 2.75) is 44.9 Å². The molecule has 1 saturated heterocycles. The Morgan fingerprint density at radius 2 is 1.20 bits per heavy atom. The van der Waals surface area contributed by atoms with Crippen LogP contribution in [-0.4, -0.2) is 16.1 Å². The number of nitrogens with zero attached hydrogens (tertiary/aromatic N) is 1. The maximum absolute atomic E-state index is 13.1. The second-order valence-electron chi connectivity index (χ2n) is 8.87. The van der Waals surface area contributed by atoms with Gasteiger partial charge >= 0.3 is 0 Å². The fourth-order valence-electron chi connectivity index (χ4n) is 4.04. The van der Waals surface area contributed by atoms with Crippen LogP contribution in [-0.2, 0) is 5.21 Å². The predicted molar refractivity (Wildman–Crippen MR) is 123 cm³/mol. The molecular formula is C25H28N2O2P. The Hall–Kier alpha value is -2.07. The van der Waals surface area contributed by atoms with E-state index < -0.39 is 25.2 Å². The van der Waals surface area contributed by atoms with E-state index in [2.05, 4.69) is 60.7 Å². The summed E-state index contributed by atoms with van der Waals surface area (Å²) in [5.74, 6) is 0. The van der Waals surface area contributed by atoms with Crippen LogP contribution < -0.4 is 21.0 Å². The summed E-state index contributed by atoms with van der Waals surface area (Å²) in [6.45, 7) is 7.46. The Morgan fingerprint density at radius 3 is 1.60 bits per heavy atom. The third-order valence-corrected chi connectivity index (χ3v) is 9.12. The van der Waals surface area contributed by atoms with Crippen LogP contribution in [0.5, 0.6) is 0 Å². The van der Waals surface area contributed by atoms with Crippen LogP contribution in [0.25, 0.3) is 0 Å². The summed E-state index contributed by atoms with van der Waals surface area (Å²) in [5.41, 5.74) is -0.666. The minimum atomic E-state index is -0.747. The highest BCUT2D eigenvalue weighted by atomic mass is 31.1. The van der Waals surface area contributed by atoms with Crippen molar-refractivity contribution in [3.63, 3.8) is 0 Å². The summed E-state index contributed by atoms with van der Waals surface area (Å²) in [6, 6.07) is 29.1. The van der Waals surface area contributed by atoms with Crippen LogP contribution in [0.15, 0.2) is 84.9 Å². The molecule has 5 heteroatoms. The average Bonchev–Trinajstić information content (AvgIpc) is 2.87. The Bertz CT molecular complexity index is 931. The molecule has 0 aromatic heterocycles. The van der Waals surface area contributed by atoms with Crippen molar-refractivity contribution in [1.82, 2.24) is 5.06 Å². The first-order chi connectivity index (χ1) is 14.2. The predicted octanol–water partition coefficient (Wildman–Crippen LogP) is 3.04. The van der Waals surface area contributed by atoms with Gasteiger partial charge in [-0.1, -0.05) is 90.0 Å². The van der Waals surface area contributed by atoms with Gasteiger partial charge in [-0.25, -0.2) is 0 Å². The summed E-state index contributed by atoms with van der Waals surface area (Å²) >= 11 is 0. The second-order valence-corrected chi connectivity index (χ2v) is 11.1. The van der Waals surface area contributed by atoms with Crippen LogP contribution in [0.1, 0.15) is 39.4 Å². The van der Waals surface area contributed by atoms with Gasteiger partial charge in [-0.15, -0.1) is 5.21 Å². The van der Waals surface area contributed by atoms with Crippen LogP contribution in [0.2, 0.25) is 0 Å². The molecule has 3 aromatic rings. The highest BCUT2D eigenvalue weighted by Gasteiger charge is 2.60. The molecule has 1 aliphatic rings. The minimum Gasteiger partial charge on any atom is -0.632 e. The first-order valence-corrected chi connectivity index (χ1v) is 11.6. The van der Waals surface area contributed by atoms with Crippen molar-refractivity contribution in [1.29, 1.82) is 0 Å². The molecule has 0 aliphatic carbocycles. The van der Waals surface area contributed by atoms with Gasteiger partial charge in [-0.05, 0) is 51.5 Å². The molecule has 4 nitrogen and oxygen atoms in total. The zero-order chi connectivity index (χ0) is 21.5. The molecule has 1 aliphatic heterocycles. The van der Waals surface area contributed by atoms with Gasteiger partial charge in [0.25, 0.3) is 0 Å². The fraction of sp³-hybridized carbons (Fsp3) is 0.280. The van der Waals surface area contributed by atoms with Gasteiger partial charge in [-0.2, -0.15) is 0 Å². The Morgan fingerprint density at radius 1 is 0.767 bits per heavy atom. The topological polar surface area (TPSA) is 50.6 Å². The van der Waals surface area contributed by atoms with Crippen LogP contribution in [0.3, 0.4) is 0 Å². The van der Waals surface area contributed by atoms with Crippen LogP contribution >= 0.6 is 7.92 Å². The lowest BCUT2D eigenvalue weighted by molar-refractivity contribution is -0.926. The van der Waals surface area contributed by atoms with Crippen LogP contribution in [0.4, 0.5) is 0 Å². The molecule has 1 N–H and O–H groups in total. The Balaban J connectivity index is 1.72. The molecule has 4 rings (SSSR count). The van der Waals surface area contributed by atoms with E-state index in [-0.39, 0.29) is 5.06 Å². The lowest BCUT2D eigenvalue weighted by Gasteiger charge is -2.39. The summed E-state index contributed by atoms with van der Waals surface area (Å²) in [4.78, 5) is 0. The van der Waals surface area contributed by atoms with Gasteiger partial charge in [0, 0.05) is 5.56 Å². The lowest BCUT2D eigenvalue weighted by Crippen LogP contribution is -3.14. The van der Waals surface area contributed by atoms with E-state index in [9.17, 15) is 10.4 Å². The molecule has 155 valence electrons. The molecule has 0 bridgehead atoms. The van der Waals surface area contributed by atoms with E-state index in [1.165, 1.54) is 15.9 Å². The monoisotopic (exact) mass is 419 g/mol. The number of hydrogen-bond acceptors (Lipinski definition) is 2. The number of nitrogens with one attached hydrogen (secondary N) is 1. The number of benzene rings is 3. The van der Waals surface area contributed by atoms with Crippen molar-refractivity contribution < 1.29 is 10.3 Å². The molecule has 3 aromatic carbocycles. The van der Waals surface area contributed by atoms with E-state index in [0.717, 1.165) is 10.6 Å². The third-order valence-electron chi connectivity index (χ3n) is 6.68. The number of quaternary nitrogens is 1. The van der Waals surface area contributed by atoms with E-state index in [1.54, 1.807) is 0 Å². The van der Waals surface area contributed by atoms with Gasteiger partial charge in [0.2, 0.25) is 0 Å². The minimum absolute atomic E-state index is 0.0105. The Kier molecular flexibility index (Phi) is 5.56. The molecule has 2 unspecified atom stereocenters. The molecule has 1 fully saturated rings. The van der Waals surface area contributed by atoms with Gasteiger partial charge < -0.3 is 10.3 Å². The summed E-state index contributed by atoms with van der Waals surface area (Å²) < 4.78 is 0. The second kappa shape index (κ2) is 7.88. The van der Waals surface area contributed by atoms with Gasteiger partial charge in [0.1, 0.15) is 11.1 Å². The fourth-order valence-corrected chi connectivity index (χ4v) is 6.32. The molecular weight excluding hydrogens is 391 g/mol. The van der Waals surface area contributed by atoms with Gasteiger partial charge in [0.05, 0.1) is 0 Å². The van der Waals surface area contributed by atoms with E-state index in [0.29, 0.717) is 0 Å². The summed E-state index contributed by atoms with van der Waals surface area (Å²) in [6.07, 6.45) is -0.747. The zero-order valence-electron chi connectivity index (χ0n) is 17.9. The largest absolute Gasteiger partial charge is 0.632 e. The molecule has 0 saturated carbocycles. The Labute approximate surface area is 180 Å². The third kappa shape index (κ3) is 3.39. The molecule has 0 amide bonds. The molecule has 0 spiro atoms. The first kappa shape index (κ1) is 21.2.